The first-order chi connectivity index (χ1) is 14.1. The molecule has 0 unspecified atom stereocenters. The third-order valence-corrected chi connectivity index (χ3v) is 5.18. The van der Waals surface area contributed by atoms with E-state index in [1.54, 1.807) is 30.3 Å². The Morgan fingerprint density at radius 3 is 2.47 bits per heavy atom. The number of hydrogen-bond donors (Lipinski definition) is 1. The molecule has 4 atom stereocenters. The average Bonchev–Trinajstić information content (AvgIpc) is 2.86. The van der Waals surface area contributed by atoms with Crippen LogP contribution in [0.15, 0.2) is 52.2 Å². The van der Waals surface area contributed by atoms with Crippen molar-refractivity contribution in [2.75, 3.05) is 6.61 Å². The molecule has 1 aliphatic rings. The minimum atomic E-state index is -2.41. The number of carbonyl (C=O) groups is 2. The van der Waals surface area contributed by atoms with Gasteiger partial charge in [0.15, 0.2) is 17.5 Å². The summed E-state index contributed by atoms with van der Waals surface area (Å²) in [4.78, 5) is 49.5. The number of aromatic nitrogens is 2. The van der Waals surface area contributed by atoms with Crippen LogP contribution < -0.4 is 11.2 Å². The maximum atomic E-state index is 16.0. The molecule has 0 bridgehead atoms. The summed E-state index contributed by atoms with van der Waals surface area (Å²) in [5.41, 5.74) is -5.59. The van der Waals surface area contributed by atoms with Gasteiger partial charge in [-0.05, 0) is 26.0 Å². The SMILES string of the molecule is CC(=O)O[C@]1(C)[C@@H](COC(=O)c2ccccc2)O[C@@H](n2ccc(=O)[nH]c2=O)[C@]1(C)F. The van der Waals surface area contributed by atoms with E-state index in [1.807, 2.05) is 4.98 Å². The van der Waals surface area contributed by atoms with E-state index in [9.17, 15) is 19.2 Å². The molecule has 1 N–H and O–H groups in total. The Morgan fingerprint density at radius 1 is 1.20 bits per heavy atom. The highest BCUT2D eigenvalue weighted by molar-refractivity contribution is 5.89. The zero-order valence-electron chi connectivity index (χ0n) is 16.6. The van der Waals surface area contributed by atoms with Crippen LogP contribution in [0.1, 0.15) is 37.4 Å². The Balaban J connectivity index is 1.92. The molecule has 1 saturated heterocycles. The van der Waals surface area contributed by atoms with Gasteiger partial charge in [-0.25, -0.2) is 14.0 Å². The zero-order valence-corrected chi connectivity index (χ0v) is 16.6. The number of ether oxygens (including phenoxy) is 3. The number of benzene rings is 1. The monoisotopic (exact) mass is 420 g/mol. The van der Waals surface area contributed by atoms with Crippen molar-refractivity contribution in [1.82, 2.24) is 9.55 Å². The Bertz CT molecular complexity index is 1060. The molecular formula is C20H21FN2O7. The summed E-state index contributed by atoms with van der Waals surface area (Å²) < 4.78 is 33.0. The normalized spacial score (nSPS) is 28.1. The fraction of sp³-hybridized carbons (Fsp3) is 0.400. The smallest absolute Gasteiger partial charge is 0.338 e. The molecule has 30 heavy (non-hydrogen) atoms. The van der Waals surface area contributed by atoms with Crippen molar-refractivity contribution >= 4 is 11.9 Å². The molecular weight excluding hydrogens is 399 g/mol. The first kappa shape index (κ1) is 21.4. The van der Waals surface area contributed by atoms with Crippen LogP contribution in [0, 0.1) is 0 Å². The zero-order chi connectivity index (χ0) is 22.1. The maximum Gasteiger partial charge on any atom is 0.338 e. The van der Waals surface area contributed by atoms with Crippen molar-refractivity contribution in [2.45, 2.75) is 44.4 Å². The second-order valence-corrected chi connectivity index (χ2v) is 7.24. The molecule has 0 saturated carbocycles. The van der Waals surface area contributed by atoms with Gasteiger partial charge in [-0.1, -0.05) is 18.2 Å². The minimum absolute atomic E-state index is 0.279. The summed E-state index contributed by atoms with van der Waals surface area (Å²) in [5, 5.41) is 0. The number of H-pyrrole nitrogens is 1. The molecule has 1 aromatic carbocycles. The number of aromatic amines is 1. The van der Waals surface area contributed by atoms with Crippen molar-refractivity contribution in [3.63, 3.8) is 0 Å². The second-order valence-electron chi connectivity index (χ2n) is 7.24. The van der Waals surface area contributed by atoms with Crippen molar-refractivity contribution in [1.29, 1.82) is 0 Å². The molecule has 0 amide bonds. The number of halogens is 1. The highest BCUT2D eigenvalue weighted by Gasteiger charge is 2.66. The lowest BCUT2D eigenvalue weighted by Gasteiger charge is -2.36. The Morgan fingerprint density at radius 2 is 1.87 bits per heavy atom. The lowest BCUT2D eigenvalue weighted by molar-refractivity contribution is -0.175. The van der Waals surface area contributed by atoms with Crippen molar-refractivity contribution in [3.05, 3.63) is 69.0 Å². The molecule has 1 fully saturated rings. The first-order valence-corrected chi connectivity index (χ1v) is 9.14. The topological polar surface area (TPSA) is 117 Å². The maximum absolute atomic E-state index is 16.0. The lowest BCUT2D eigenvalue weighted by Crippen LogP contribution is -2.55. The summed E-state index contributed by atoms with van der Waals surface area (Å²) in [5.74, 6) is -1.45. The number of nitrogens with zero attached hydrogens (tertiary/aromatic N) is 1. The Hall–Kier alpha value is -3.27. The molecule has 160 valence electrons. The second kappa shape index (κ2) is 7.86. The van der Waals surface area contributed by atoms with Crippen LogP contribution >= 0.6 is 0 Å². The number of rotatable bonds is 5. The highest BCUT2D eigenvalue weighted by atomic mass is 19.1. The summed E-state index contributed by atoms with van der Waals surface area (Å²) >= 11 is 0. The molecule has 2 aromatic rings. The van der Waals surface area contributed by atoms with Gasteiger partial charge in [-0.15, -0.1) is 0 Å². The van der Waals surface area contributed by atoms with Crippen LogP contribution in [0.5, 0.6) is 0 Å². The fourth-order valence-electron chi connectivity index (χ4n) is 3.38. The van der Waals surface area contributed by atoms with Crippen molar-refractivity contribution < 1.29 is 28.2 Å². The molecule has 9 nitrogen and oxygen atoms in total. The number of hydrogen-bond acceptors (Lipinski definition) is 7. The molecule has 0 spiro atoms. The van der Waals surface area contributed by atoms with E-state index in [-0.39, 0.29) is 5.56 Å². The van der Waals surface area contributed by atoms with Gasteiger partial charge >= 0.3 is 17.6 Å². The summed E-state index contributed by atoms with van der Waals surface area (Å²) in [6.07, 6.45) is -1.70. The number of carbonyl (C=O) groups excluding carboxylic acids is 2. The van der Waals surface area contributed by atoms with E-state index in [2.05, 4.69) is 0 Å². The fourth-order valence-corrected chi connectivity index (χ4v) is 3.38. The lowest BCUT2D eigenvalue weighted by atomic mass is 9.84. The van der Waals surface area contributed by atoms with Gasteiger partial charge in [0.2, 0.25) is 0 Å². The third kappa shape index (κ3) is 3.78. The molecule has 2 heterocycles. The largest absolute Gasteiger partial charge is 0.459 e. The van der Waals surface area contributed by atoms with E-state index < -0.39 is 53.4 Å². The molecule has 0 radical (unpaired) electrons. The molecule has 1 aromatic heterocycles. The summed E-state index contributed by atoms with van der Waals surface area (Å²) in [6.45, 7) is 3.07. The standard InChI is InChI=1S/C20H21FN2O7/c1-12(24)30-20(3)14(11-28-16(26)13-7-5-4-6-8-13)29-17(19(20,2)21)23-10-9-15(25)22-18(23)27/h4-10,14,17H,11H2,1-3H3,(H,22,25,27)/t14-,17-,19+,20-/m1/s1. The molecule has 3 rings (SSSR count). The van der Waals surface area contributed by atoms with Crippen LogP contribution in [0.25, 0.3) is 0 Å². The number of esters is 2. The predicted octanol–water partition coefficient (Wildman–Crippen LogP) is 1.34. The highest BCUT2D eigenvalue weighted by Crippen LogP contribution is 2.49. The van der Waals surface area contributed by atoms with Crippen LogP contribution in [-0.2, 0) is 19.0 Å². The molecule has 0 aliphatic carbocycles. The van der Waals surface area contributed by atoms with Gasteiger partial charge in [-0.2, -0.15) is 0 Å². The van der Waals surface area contributed by atoms with Crippen LogP contribution in [0.4, 0.5) is 4.39 Å². The first-order valence-electron chi connectivity index (χ1n) is 9.14. The van der Waals surface area contributed by atoms with E-state index in [0.717, 1.165) is 30.7 Å². The van der Waals surface area contributed by atoms with Gasteiger partial charge in [0.05, 0.1) is 5.56 Å². The van der Waals surface area contributed by atoms with Crippen LogP contribution in [0.2, 0.25) is 0 Å². The quantitative estimate of drug-likeness (QED) is 0.726. The van der Waals surface area contributed by atoms with Gasteiger partial charge in [0.25, 0.3) is 5.56 Å². The minimum Gasteiger partial charge on any atom is -0.459 e. The van der Waals surface area contributed by atoms with Crippen LogP contribution in [0.3, 0.4) is 0 Å². The molecule has 1 aliphatic heterocycles. The van der Waals surface area contributed by atoms with Gasteiger partial charge < -0.3 is 14.2 Å². The summed E-state index contributed by atoms with van der Waals surface area (Å²) in [6, 6.07) is 9.17. The van der Waals surface area contributed by atoms with Crippen molar-refractivity contribution in [2.24, 2.45) is 0 Å². The Labute approximate surface area is 170 Å². The Kier molecular flexibility index (Phi) is 5.62. The van der Waals surface area contributed by atoms with E-state index in [1.165, 1.54) is 6.92 Å². The van der Waals surface area contributed by atoms with Crippen molar-refractivity contribution in [3.8, 4) is 0 Å². The van der Waals surface area contributed by atoms with Gasteiger partial charge in [0.1, 0.15) is 12.7 Å². The van der Waals surface area contributed by atoms with Crippen LogP contribution in [-0.4, -0.2) is 45.5 Å². The number of nitrogens with one attached hydrogen (secondary N) is 1. The van der Waals surface area contributed by atoms with Gasteiger partial charge in [0, 0.05) is 19.2 Å². The predicted molar refractivity (Wildman–Crippen MR) is 102 cm³/mol. The average molecular weight is 420 g/mol. The summed E-state index contributed by atoms with van der Waals surface area (Å²) in [7, 11) is 0. The third-order valence-electron chi connectivity index (χ3n) is 5.18. The van der Waals surface area contributed by atoms with Gasteiger partial charge in [-0.3, -0.25) is 19.1 Å². The van der Waals surface area contributed by atoms with E-state index in [4.69, 9.17) is 14.2 Å². The van der Waals surface area contributed by atoms with E-state index >= 15 is 4.39 Å². The number of alkyl halides is 1. The molecule has 10 heteroatoms. The van der Waals surface area contributed by atoms with E-state index in [0.29, 0.717) is 0 Å².